The monoisotopic (exact) mass is 359 g/mol. The van der Waals surface area contributed by atoms with E-state index >= 15 is 0 Å². The van der Waals surface area contributed by atoms with Gasteiger partial charge in [0.2, 0.25) is 0 Å². The van der Waals surface area contributed by atoms with Gasteiger partial charge in [0.05, 0.1) is 12.1 Å². The number of nitrogens with one attached hydrogen (secondary N) is 2. The first-order valence-electron chi connectivity index (χ1n) is 9.01. The molecule has 0 radical (unpaired) electrons. The fraction of sp³-hybridized carbons (Fsp3) is 0.474. The fourth-order valence-corrected chi connectivity index (χ4v) is 2.83. The van der Waals surface area contributed by atoms with Crippen LogP contribution in [0, 0.1) is 6.92 Å². The molecular weight excluding hydrogens is 330 g/mol. The number of ether oxygens (including phenoxy) is 1. The van der Waals surface area contributed by atoms with Crippen LogP contribution in [-0.4, -0.2) is 55.0 Å². The number of hydrogen-bond acceptors (Lipinski definition) is 4. The summed E-state index contributed by atoms with van der Waals surface area (Å²) in [5.41, 5.74) is 7.89. The van der Waals surface area contributed by atoms with Gasteiger partial charge in [-0.15, -0.1) is 0 Å². The minimum atomic E-state index is -0.323. The molecule has 0 aliphatic heterocycles. The number of nitrogens with two attached hydrogens (primary N) is 1. The second-order valence-corrected chi connectivity index (χ2v) is 6.14. The molecule has 0 aliphatic rings. The van der Waals surface area contributed by atoms with Crippen LogP contribution in [0.3, 0.4) is 0 Å². The lowest BCUT2D eigenvalue weighted by atomic mass is 10.1. The molecule has 26 heavy (non-hydrogen) atoms. The van der Waals surface area contributed by atoms with Crippen molar-refractivity contribution in [3.63, 3.8) is 0 Å². The number of aryl methyl sites for hydroxylation is 1. The van der Waals surface area contributed by atoms with Crippen molar-refractivity contribution in [2.24, 2.45) is 10.7 Å². The Bertz CT molecular complexity index is 778. The Morgan fingerprint density at radius 1 is 1.35 bits per heavy atom. The van der Waals surface area contributed by atoms with E-state index in [-0.39, 0.29) is 11.9 Å². The van der Waals surface area contributed by atoms with Gasteiger partial charge in [-0.25, -0.2) is 0 Å². The third-order valence-electron chi connectivity index (χ3n) is 4.47. The predicted molar refractivity (Wildman–Crippen MR) is 106 cm³/mol. The number of aliphatic imine (C=N–C) groups is 1. The Morgan fingerprint density at radius 3 is 2.73 bits per heavy atom. The van der Waals surface area contributed by atoms with Gasteiger partial charge >= 0.3 is 0 Å². The van der Waals surface area contributed by atoms with Gasteiger partial charge in [-0.2, -0.15) is 0 Å². The summed E-state index contributed by atoms with van der Waals surface area (Å²) >= 11 is 0. The van der Waals surface area contributed by atoms with Crippen LogP contribution in [0.5, 0.6) is 5.75 Å². The molecule has 1 aromatic heterocycles. The van der Waals surface area contributed by atoms with Crippen molar-refractivity contribution in [2.45, 2.75) is 27.2 Å². The Labute approximate surface area is 154 Å². The molecule has 0 bridgehead atoms. The Balaban J connectivity index is 2.13. The highest BCUT2D eigenvalue weighted by atomic mass is 16.5. The molecule has 1 amide bonds. The quantitative estimate of drug-likeness (QED) is 0.383. The maximum absolute atomic E-state index is 12.3. The van der Waals surface area contributed by atoms with Gasteiger partial charge in [-0.3, -0.25) is 15.1 Å². The van der Waals surface area contributed by atoms with Gasteiger partial charge in [0.25, 0.3) is 5.91 Å². The Morgan fingerprint density at radius 2 is 2.08 bits per heavy atom. The van der Waals surface area contributed by atoms with E-state index in [2.05, 4.69) is 34.0 Å². The molecule has 2 rings (SSSR count). The molecule has 7 heteroatoms. The number of nitrogens with zero attached hydrogens (tertiary/aromatic N) is 2. The van der Waals surface area contributed by atoms with Crippen molar-refractivity contribution in [3.8, 4) is 5.75 Å². The number of H-pyrrole nitrogens is 1. The molecule has 0 unspecified atom stereocenters. The number of carbonyl (C=O) groups is 1. The zero-order valence-electron chi connectivity index (χ0n) is 16.1. The SMILES string of the molecule is CCN(CC)CCCOc1ccc(C)c2cc(C(=O)NC(N)=NC)[nH]c12. The van der Waals surface area contributed by atoms with E-state index in [0.717, 1.165) is 48.3 Å². The maximum Gasteiger partial charge on any atom is 0.274 e. The summed E-state index contributed by atoms with van der Waals surface area (Å²) in [6.45, 7) is 10.1. The number of aromatic nitrogens is 1. The van der Waals surface area contributed by atoms with Crippen LogP contribution < -0.4 is 15.8 Å². The third kappa shape index (κ3) is 4.76. The zero-order chi connectivity index (χ0) is 19.1. The summed E-state index contributed by atoms with van der Waals surface area (Å²) < 4.78 is 5.97. The molecular formula is C19H29N5O2. The lowest BCUT2D eigenvalue weighted by Gasteiger charge is -2.17. The average Bonchev–Trinajstić information content (AvgIpc) is 3.10. The van der Waals surface area contributed by atoms with Crippen LogP contribution in [0.4, 0.5) is 0 Å². The molecule has 0 fully saturated rings. The molecule has 2 aromatic rings. The van der Waals surface area contributed by atoms with E-state index in [9.17, 15) is 4.79 Å². The summed E-state index contributed by atoms with van der Waals surface area (Å²) in [5.74, 6) is 0.510. The molecule has 1 aromatic carbocycles. The summed E-state index contributed by atoms with van der Waals surface area (Å²) in [7, 11) is 1.52. The first-order valence-corrected chi connectivity index (χ1v) is 9.01. The van der Waals surface area contributed by atoms with Gasteiger partial charge in [0.1, 0.15) is 11.4 Å². The standard InChI is InChI=1S/C19H29N5O2/c1-5-24(6-2)10-7-11-26-16-9-8-13(3)14-12-15(22-17(14)16)18(25)23-19(20)21-4/h8-9,12,22H,5-7,10-11H2,1-4H3,(H3,20,21,23,25). The summed E-state index contributed by atoms with van der Waals surface area (Å²) in [4.78, 5) is 21.5. The number of carbonyl (C=O) groups excluding carboxylic acids is 1. The molecule has 0 spiro atoms. The van der Waals surface area contributed by atoms with Crippen molar-refractivity contribution in [1.29, 1.82) is 0 Å². The minimum Gasteiger partial charge on any atom is -0.491 e. The molecule has 142 valence electrons. The highest BCUT2D eigenvalue weighted by molar-refractivity contribution is 6.07. The van der Waals surface area contributed by atoms with Crippen LogP contribution >= 0.6 is 0 Å². The van der Waals surface area contributed by atoms with Crippen LogP contribution in [-0.2, 0) is 0 Å². The van der Waals surface area contributed by atoms with E-state index in [1.807, 2.05) is 25.1 Å². The smallest absolute Gasteiger partial charge is 0.274 e. The van der Waals surface area contributed by atoms with Gasteiger partial charge < -0.3 is 20.4 Å². The number of fused-ring (bicyclic) bond motifs is 1. The summed E-state index contributed by atoms with van der Waals surface area (Å²) in [5, 5.41) is 3.50. The normalized spacial score (nSPS) is 12.0. The molecule has 0 saturated carbocycles. The maximum atomic E-state index is 12.3. The van der Waals surface area contributed by atoms with E-state index in [1.54, 1.807) is 0 Å². The first kappa shape index (κ1) is 19.8. The third-order valence-corrected chi connectivity index (χ3v) is 4.47. The lowest BCUT2D eigenvalue weighted by molar-refractivity contribution is 0.0972. The zero-order valence-corrected chi connectivity index (χ0v) is 16.1. The van der Waals surface area contributed by atoms with E-state index in [0.29, 0.717) is 12.3 Å². The van der Waals surface area contributed by atoms with Crippen LogP contribution in [0.1, 0.15) is 36.3 Å². The number of benzene rings is 1. The van der Waals surface area contributed by atoms with E-state index in [1.165, 1.54) is 7.05 Å². The second kappa shape index (κ2) is 9.24. The second-order valence-electron chi connectivity index (χ2n) is 6.14. The number of amides is 1. The Kier molecular flexibility index (Phi) is 7.03. The highest BCUT2D eigenvalue weighted by Gasteiger charge is 2.14. The highest BCUT2D eigenvalue weighted by Crippen LogP contribution is 2.28. The van der Waals surface area contributed by atoms with E-state index < -0.39 is 0 Å². The van der Waals surface area contributed by atoms with Crippen molar-refractivity contribution in [1.82, 2.24) is 15.2 Å². The average molecular weight is 359 g/mol. The van der Waals surface area contributed by atoms with Crippen molar-refractivity contribution in [2.75, 3.05) is 33.3 Å². The topological polar surface area (TPSA) is 95.7 Å². The fourth-order valence-electron chi connectivity index (χ4n) is 2.83. The molecule has 1 heterocycles. The first-order chi connectivity index (χ1) is 12.5. The van der Waals surface area contributed by atoms with Gasteiger partial charge in [-0.05, 0) is 44.1 Å². The number of aromatic amines is 1. The van der Waals surface area contributed by atoms with E-state index in [4.69, 9.17) is 10.5 Å². The predicted octanol–water partition coefficient (Wildman–Crippen LogP) is 2.26. The van der Waals surface area contributed by atoms with Crippen molar-refractivity contribution < 1.29 is 9.53 Å². The molecule has 4 N–H and O–H groups in total. The summed E-state index contributed by atoms with van der Waals surface area (Å²) in [6, 6.07) is 5.75. The van der Waals surface area contributed by atoms with Crippen molar-refractivity contribution in [3.05, 3.63) is 29.5 Å². The van der Waals surface area contributed by atoms with Gasteiger partial charge in [0, 0.05) is 19.0 Å². The molecule has 7 nitrogen and oxygen atoms in total. The number of rotatable bonds is 8. The minimum absolute atomic E-state index is 0.0817. The molecule has 0 atom stereocenters. The van der Waals surface area contributed by atoms with Crippen LogP contribution in [0.25, 0.3) is 10.9 Å². The number of hydrogen-bond donors (Lipinski definition) is 3. The van der Waals surface area contributed by atoms with Crippen LogP contribution in [0.2, 0.25) is 0 Å². The molecule has 0 saturated heterocycles. The number of guanidine groups is 1. The van der Waals surface area contributed by atoms with Gasteiger partial charge in [-0.1, -0.05) is 19.9 Å². The lowest BCUT2D eigenvalue weighted by Crippen LogP contribution is -2.36. The van der Waals surface area contributed by atoms with Crippen molar-refractivity contribution >= 4 is 22.8 Å². The van der Waals surface area contributed by atoms with Crippen LogP contribution in [0.15, 0.2) is 23.2 Å². The summed E-state index contributed by atoms with van der Waals surface area (Å²) in [6.07, 6.45) is 0.953. The Hall–Kier alpha value is -2.54. The molecule has 0 aliphatic carbocycles. The van der Waals surface area contributed by atoms with Gasteiger partial charge in [0.15, 0.2) is 5.96 Å². The largest absolute Gasteiger partial charge is 0.491 e.